The van der Waals surface area contributed by atoms with E-state index in [1.807, 2.05) is 6.92 Å². The number of thioether (sulfide) groups is 1. The molecule has 0 saturated heterocycles. The van der Waals surface area contributed by atoms with Gasteiger partial charge >= 0.3 is 6.18 Å². The fraction of sp³-hybridized carbons (Fsp3) is 0.429. The van der Waals surface area contributed by atoms with Crippen molar-refractivity contribution in [3.63, 3.8) is 0 Å². The Kier molecular flexibility index (Phi) is 6.70. The maximum atomic E-state index is 12.6. The third kappa shape index (κ3) is 5.24. The molecule has 12 heteroatoms. The van der Waals surface area contributed by atoms with Crippen LogP contribution in [0.15, 0.2) is 17.4 Å². The number of nitrogen functional groups attached to an aromatic ring is 1. The van der Waals surface area contributed by atoms with Gasteiger partial charge in [-0.3, -0.25) is 4.79 Å². The summed E-state index contributed by atoms with van der Waals surface area (Å²) < 4.78 is 39.0. The molecule has 0 aliphatic carbocycles. The molecule has 0 aliphatic heterocycles. The van der Waals surface area contributed by atoms with Gasteiger partial charge in [0, 0.05) is 12.6 Å². The average molecular weight is 409 g/mol. The number of unbranched alkanes of at least 4 members (excludes halogenated alkanes) is 1. The molecule has 0 atom stereocenters. The normalized spacial score (nSPS) is 11.6. The Balaban J connectivity index is 1.94. The van der Waals surface area contributed by atoms with Crippen LogP contribution >= 0.6 is 23.4 Å². The van der Waals surface area contributed by atoms with E-state index in [-0.39, 0.29) is 16.6 Å². The van der Waals surface area contributed by atoms with Crippen LogP contribution in [0, 0.1) is 0 Å². The van der Waals surface area contributed by atoms with Gasteiger partial charge in [0.25, 0.3) is 0 Å². The van der Waals surface area contributed by atoms with E-state index in [0.29, 0.717) is 29.7 Å². The van der Waals surface area contributed by atoms with Gasteiger partial charge in [0.15, 0.2) is 11.6 Å². The summed E-state index contributed by atoms with van der Waals surface area (Å²) in [6.45, 7) is 2.04. The molecule has 0 unspecified atom stereocenters. The molecule has 1 amide bonds. The Morgan fingerprint density at radius 3 is 2.77 bits per heavy atom. The quantitative estimate of drug-likeness (QED) is 0.539. The van der Waals surface area contributed by atoms with E-state index in [4.69, 9.17) is 17.4 Å². The average Bonchev–Trinajstić information content (AvgIpc) is 2.92. The second-order valence-corrected chi connectivity index (χ2v) is 6.61. The van der Waals surface area contributed by atoms with Crippen LogP contribution < -0.4 is 11.2 Å². The predicted octanol–water partition coefficient (Wildman–Crippen LogP) is 3.13. The highest BCUT2D eigenvalue weighted by molar-refractivity contribution is 7.99. The summed E-state index contributed by atoms with van der Waals surface area (Å²) in [6.07, 6.45) is -1.38. The van der Waals surface area contributed by atoms with Gasteiger partial charge in [0.05, 0.1) is 16.3 Å². The minimum absolute atomic E-state index is 0.0812. The van der Waals surface area contributed by atoms with Gasteiger partial charge in [-0.15, -0.1) is 10.2 Å². The van der Waals surface area contributed by atoms with Crippen LogP contribution in [0.25, 0.3) is 0 Å². The van der Waals surface area contributed by atoms with Crippen molar-refractivity contribution in [3.8, 4) is 0 Å². The molecular formula is C14H16ClF3N6OS. The van der Waals surface area contributed by atoms with Crippen molar-refractivity contribution in [1.82, 2.24) is 19.9 Å². The molecule has 142 valence electrons. The number of pyridine rings is 1. The second-order valence-electron chi connectivity index (χ2n) is 5.26. The molecule has 0 bridgehead atoms. The molecule has 26 heavy (non-hydrogen) atoms. The zero-order chi connectivity index (χ0) is 19.3. The van der Waals surface area contributed by atoms with Crippen molar-refractivity contribution in [3.05, 3.63) is 28.7 Å². The Morgan fingerprint density at radius 2 is 2.15 bits per heavy atom. The first-order valence-electron chi connectivity index (χ1n) is 7.57. The third-order valence-electron chi connectivity index (χ3n) is 3.25. The van der Waals surface area contributed by atoms with Crippen LogP contribution in [0.5, 0.6) is 0 Å². The van der Waals surface area contributed by atoms with E-state index in [9.17, 15) is 18.0 Å². The van der Waals surface area contributed by atoms with E-state index in [1.54, 1.807) is 0 Å². The molecular weight excluding hydrogens is 393 g/mol. The number of halogens is 4. The van der Waals surface area contributed by atoms with E-state index >= 15 is 0 Å². The summed E-state index contributed by atoms with van der Waals surface area (Å²) in [5.74, 6) is 5.73. The number of rotatable bonds is 7. The van der Waals surface area contributed by atoms with Crippen LogP contribution in [-0.2, 0) is 17.4 Å². The van der Waals surface area contributed by atoms with Crippen molar-refractivity contribution in [1.29, 1.82) is 0 Å². The number of aryl methyl sites for hydroxylation is 1. The summed E-state index contributed by atoms with van der Waals surface area (Å²) in [4.78, 5) is 15.5. The summed E-state index contributed by atoms with van der Waals surface area (Å²) in [5.41, 5.74) is -0.995. The molecule has 0 fully saturated rings. The fourth-order valence-electron chi connectivity index (χ4n) is 1.89. The topological polar surface area (TPSA) is 98.7 Å². The highest BCUT2D eigenvalue weighted by Crippen LogP contribution is 2.32. The predicted molar refractivity (Wildman–Crippen MR) is 92.4 cm³/mol. The van der Waals surface area contributed by atoms with E-state index in [2.05, 4.69) is 20.5 Å². The number of anilines is 1. The standard InChI is InChI=1S/C14H16ClF3N6OS/c1-2-3-4-10-22-23-13(24(10)19)26-7-11(25)21-12-9(15)5-8(6-20-12)14(16,17)18/h5-6H,2-4,7,19H2,1H3,(H,20,21,25). The number of carbonyl (C=O) groups is 1. The van der Waals surface area contributed by atoms with Crippen molar-refractivity contribution in [2.24, 2.45) is 0 Å². The number of nitrogens with two attached hydrogens (primary N) is 1. The molecule has 2 aromatic rings. The number of hydrogen-bond donors (Lipinski definition) is 2. The van der Waals surface area contributed by atoms with Crippen LogP contribution in [0.4, 0.5) is 19.0 Å². The Labute approximate surface area is 156 Å². The van der Waals surface area contributed by atoms with Crippen LogP contribution in [0.2, 0.25) is 5.02 Å². The maximum Gasteiger partial charge on any atom is 0.417 e. The van der Waals surface area contributed by atoms with Gasteiger partial charge in [-0.2, -0.15) is 13.2 Å². The maximum absolute atomic E-state index is 12.6. The van der Waals surface area contributed by atoms with Crippen molar-refractivity contribution in [2.75, 3.05) is 16.9 Å². The van der Waals surface area contributed by atoms with Gasteiger partial charge in [-0.1, -0.05) is 36.7 Å². The minimum atomic E-state index is -4.56. The largest absolute Gasteiger partial charge is 0.417 e. The highest BCUT2D eigenvalue weighted by Gasteiger charge is 2.31. The Bertz CT molecular complexity index is 783. The van der Waals surface area contributed by atoms with Crippen LogP contribution in [0.3, 0.4) is 0 Å². The summed E-state index contributed by atoms with van der Waals surface area (Å²) >= 11 is 6.79. The van der Waals surface area contributed by atoms with Gasteiger partial charge < -0.3 is 11.2 Å². The Hall–Kier alpha value is -2.01. The van der Waals surface area contributed by atoms with Crippen molar-refractivity contribution < 1.29 is 18.0 Å². The molecule has 3 N–H and O–H groups in total. The lowest BCUT2D eigenvalue weighted by Gasteiger charge is -2.10. The number of hydrogen-bond acceptors (Lipinski definition) is 6. The molecule has 0 saturated carbocycles. The zero-order valence-electron chi connectivity index (χ0n) is 13.7. The molecule has 0 aromatic carbocycles. The first kappa shape index (κ1) is 20.3. The monoisotopic (exact) mass is 408 g/mol. The molecule has 2 aromatic heterocycles. The summed E-state index contributed by atoms with van der Waals surface area (Å²) in [6, 6.07) is 0.702. The number of aromatic nitrogens is 4. The molecule has 7 nitrogen and oxygen atoms in total. The SMILES string of the molecule is CCCCc1nnc(SCC(=O)Nc2ncc(C(F)(F)F)cc2Cl)n1N. The van der Waals surface area contributed by atoms with Crippen molar-refractivity contribution >= 4 is 35.1 Å². The van der Waals surface area contributed by atoms with Crippen LogP contribution in [0.1, 0.15) is 31.2 Å². The van der Waals surface area contributed by atoms with Crippen molar-refractivity contribution in [2.45, 2.75) is 37.5 Å². The first-order chi connectivity index (χ1) is 12.2. The number of nitrogens with one attached hydrogen (secondary N) is 1. The van der Waals surface area contributed by atoms with Gasteiger partial charge in [-0.25, -0.2) is 9.66 Å². The lowest BCUT2D eigenvalue weighted by atomic mass is 10.2. The third-order valence-corrected chi connectivity index (χ3v) is 4.48. The number of nitrogens with zero attached hydrogens (tertiary/aromatic N) is 4. The van der Waals surface area contributed by atoms with E-state index < -0.39 is 17.6 Å². The number of alkyl halides is 3. The first-order valence-corrected chi connectivity index (χ1v) is 8.93. The van der Waals surface area contributed by atoms with Gasteiger partial charge in [0.2, 0.25) is 11.1 Å². The number of amides is 1. The molecule has 0 radical (unpaired) electrons. The zero-order valence-corrected chi connectivity index (χ0v) is 15.3. The number of carbonyl (C=O) groups excluding carboxylic acids is 1. The highest BCUT2D eigenvalue weighted by atomic mass is 35.5. The lowest BCUT2D eigenvalue weighted by Crippen LogP contribution is -2.18. The van der Waals surface area contributed by atoms with Gasteiger partial charge in [-0.05, 0) is 12.5 Å². The fourth-order valence-corrected chi connectivity index (χ4v) is 2.78. The molecule has 2 rings (SSSR count). The summed E-state index contributed by atoms with van der Waals surface area (Å²) in [7, 11) is 0. The minimum Gasteiger partial charge on any atom is -0.336 e. The van der Waals surface area contributed by atoms with Gasteiger partial charge in [0.1, 0.15) is 0 Å². The second kappa shape index (κ2) is 8.58. The Morgan fingerprint density at radius 1 is 1.42 bits per heavy atom. The molecule has 0 spiro atoms. The smallest absolute Gasteiger partial charge is 0.336 e. The van der Waals surface area contributed by atoms with E-state index in [1.165, 1.54) is 4.68 Å². The molecule has 2 heterocycles. The molecule has 0 aliphatic rings. The van der Waals surface area contributed by atoms with Crippen LogP contribution in [-0.4, -0.2) is 31.5 Å². The van der Waals surface area contributed by atoms with E-state index in [0.717, 1.165) is 24.6 Å². The summed E-state index contributed by atoms with van der Waals surface area (Å²) in [5, 5.41) is 10.3. The lowest BCUT2D eigenvalue weighted by molar-refractivity contribution is -0.137.